The fourth-order valence-corrected chi connectivity index (χ4v) is 3.12. The van der Waals surface area contributed by atoms with Gasteiger partial charge >= 0.3 is 0 Å². The highest BCUT2D eigenvalue weighted by molar-refractivity contribution is 6.31. The summed E-state index contributed by atoms with van der Waals surface area (Å²) in [6.07, 6.45) is 1.58. The van der Waals surface area contributed by atoms with Crippen molar-refractivity contribution in [3.63, 3.8) is 0 Å². The predicted molar refractivity (Wildman–Crippen MR) is 112 cm³/mol. The van der Waals surface area contributed by atoms with E-state index in [-0.39, 0.29) is 5.91 Å². The number of aryl methyl sites for hydroxylation is 1. The number of carbonyl (C=O) groups is 1. The lowest BCUT2D eigenvalue weighted by atomic mass is 10.1. The Morgan fingerprint density at radius 2 is 1.83 bits per heavy atom. The summed E-state index contributed by atoms with van der Waals surface area (Å²) in [4.78, 5) is 14.4. The average molecular weight is 414 g/mol. The topological polar surface area (TPSA) is 56.6 Å². The van der Waals surface area contributed by atoms with Crippen LogP contribution in [0, 0.1) is 0 Å². The van der Waals surface area contributed by atoms with Crippen molar-refractivity contribution in [1.82, 2.24) is 14.7 Å². The maximum Gasteiger partial charge on any atom is 0.253 e. The third-order valence-corrected chi connectivity index (χ3v) is 4.77. The zero-order valence-corrected chi connectivity index (χ0v) is 17.5. The summed E-state index contributed by atoms with van der Waals surface area (Å²) >= 11 is 6.15. The van der Waals surface area contributed by atoms with Crippen molar-refractivity contribution >= 4 is 17.5 Å². The Hall–Kier alpha value is -2.99. The van der Waals surface area contributed by atoms with Gasteiger partial charge in [-0.15, -0.1) is 0 Å². The van der Waals surface area contributed by atoms with Gasteiger partial charge in [0, 0.05) is 19.7 Å². The van der Waals surface area contributed by atoms with Gasteiger partial charge in [0.05, 0.1) is 30.1 Å². The maximum absolute atomic E-state index is 12.8. The molecule has 0 saturated carbocycles. The molecule has 3 aromatic rings. The van der Waals surface area contributed by atoms with Crippen LogP contribution in [0.3, 0.4) is 0 Å². The third-order valence-electron chi connectivity index (χ3n) is 4.46. The number of carbonyl (C=O) groups excluding carboxylic acids is 1. The molecule has 1 aromatic heterocycles. The summed E-state index contributed by atoms with van der Waals surface area (Å²) in [7, 11) is 3.55. The summed E-state index contributed by atoms with van der Waals surface area (Å²) in [6.45, 7) is 3.32. The van der Waals surface area contributed by atoms with E-state index < -0.39 is 0 Å². The molecule has 0 atom stereocenters. The second-order valence-corrected chi connectivity index (χ2v) is 7.02. The van der Waals surface area contributed by atoms with Gasteiger partial charge in [0.2, 0.25) is 0 Å². The first kappa shape index (κ1) is 20.7. The number of halogens is 1. The number of hydrogen-bond donors (Lipinski definition) is 0. The molecule has 6 nitrogen and oxygen atoms in total. The molecule has 1 amide bonds. The molecule has 0 unspecified atom stereocenters. The van der Waals surface area contributed by atoms with Gasteiger partial charge in [0.1, 0.15) is 18.1 Å². The standard InChI is InChI=1S/C22H24ClN3O3/c1-4-28-18-8-10-19(11-9-18)29-15-16-6-5-7-17(12-16)22(27)25(2)14-21-20(23)13-24-26(21)3/h5-13H,4,14-15H2,1-3H3. The summed E-state index contributed by atoms with van der Waals surface area (Å²) < 4.78 is 12.9. The van der Waals surface area contributed by atoms with E-state index in [0.29, 0.717) is 30.3 Å². The molecule has 3 rings (SSSR count). The molecular formula is C22H24ClN3O3. The minimum absolute atomic E-state index is 0.0924. The Kier molecular flexibility index (Phi) is 6.77. The number of nitrogens with zero attached hydrogens (tertiary/aromatic N) is 3. The smallest absolute Gasteiger partial charge is 0.253 e. The lowest BCUT2D eigenvalue weighted by Gasteiger charge is -2.18. The Bertz CT molecular complexity index is 950. The van der Waals surface area contributed by atoms with Crippen molar-refractivity contribution in [2.45, 2.75) is 20.1 Å². The number of benzene rings is 2. The molecule has 0 N–H and O–H groups in total. The van der Waals surface area contributed by atoms with Gasteiger partial charge < -0.3 is 14.4 Å². The minimum Gasteiger partial charge on any atom is -0.494 e. The van der Waals surface area contributed by atoms with Crippen LogP contribution < -0.4 is 9.47 Å². The van der Waals surface area contributed by atoms with Crippen molar-refractivity contribution in [3.05, 3.63) is 76.6 Å². The summed E-state index contributed by atoms with van der Waals surface area (Å²) in [5.74, 6) is 1.46. The molecule has 152 valence electrons. The van der Waals surface area contributed by atoms with Crippen molar-refractivity contribution in [3.8, 4) is 11.5 Å². The fourth-order valence-electron chi connectivity index (χ4n) is 2.89. The van der Waals surface area contributed by atoms with Gasteiger partial charge in [-0.05, 0) is 48.9 Å². The molecule has 0 saturated heterocycles. The predicted octanol–water partition coefficient (Wildman–Crippen LogP) is 4.32. The van der Waals surface area contributed by atoms with E-state index >= 15 is 0 Å². The molecule has 0 bridgehead atoms. The minimum atomic E-state index is -0.0924. The van der Waals surface area contributed by atoms with Crippen LogP contribution in [0.4, 0.5) is 0 Å². The van der Waals surface area contributed by atoms with Gasteiger partial charge in [-0.2, -0.15) is 5.10 Å². The molecule has 2 aromatic carbocycles. The summed E-state index contributed by atoms with van der Waals surface area (Å²) in [5.41, 5.74) is 2.30. The second-order valence-electron chi connectivity index (χ2n) is 6.62. The second kappa shape index (κ2) is 9.47. The van der Waals surface area contributed by atoms with Crippen molar-refractivity contribution < 1.29 is 14.3 Å². The van der Waals surface area contributed by atoms with E-state index in [1.165, 1.54) is 0 Å². The Balaban J connectivity index is 1.63. The Labute approximate surface area is 175 Å². The normalized spacial score (nSPS) is 10.6. The molecule has 0 radical (unpaired) electrons. The molecule has 0 fully saturated rings. The van der Waals surface area contributed by atoms with E-state index in [0.717, 1.165) is 22.8 Å². The van der Waals surface area contributed by atoms with E-state index in [1.807, 2.05) is 49.4 Å². The van der Waals surface area contributed by atoms with E-state index in [9.17, 15) is 4.79 Å². The third kappa shape index (κ3) is 5.29. The first-order valence-electron chi connectivity index (χ1n) is 9.34. The van der Waals surface area contributed by atoms with Gasteiger partial charge in [-0.3, -0.25) is 9.48 Å². The van der Waals surface area contributed by atoms with Gasteiger partial charge in [-0.25, -0.2) is 0 Å². The fraction of sp³-hybridized carbons (Fsp3) is 0.273. The number of aromatic nitrogens is 2. The Morgan fingerprint density at radius 3 is 2.45 bits per heavy atom. The first-order chi connectivity index (χ1) is 14.0. The lowest BCUT2D eigenvalue weighted by Crippen LogP contribution is -2.27. The molecule has 0 aliphatic rings. The van der Waals surface area contributed by atoms with E-state index in [4.69, 9.17) is 21.1 Å². The molecule has 1 heterocycles. The van der Waals surface area contributed by atoms with E-state index in [2.05, 4.69) is 5.10 Å². The lowest BCUT2D eigenvalue weighted by molar-refractivity contribution is 0.0782. The van der Waals surface area contributed by atoms with Gasteiger partial charge in [0.15, 0.2) is 0 Å². The SMILES string of the molecule is CCOc1ccc(OCc2cccc(C(=O)N(C)Cc3c(Cl)cnn3C)c2)cc1. The van der Waals surface area contributed by atoms with Crippen molar-refractivity contribution in [2.24, 2.45) is 7.05 Å². The van der Waals surface area contributed by atoms with Crippen molar-refractivity contribution in [2.75, 3.05) is 13.7 Å². The summed E-state index contributed by atoms with van der Waals surface area (Å²) in [6, 6.07) is 14.9. The molecule has 29 heavy (non-hydrogen) atoms. The van der Waals surface area contributed by atoms with Gasteiger partial charge in [-0.1, -0.05) is 23.7 Å². The zero-order valence-electron chi connectivity index (χ0n) is 16.8. The van der Waals surface area contributed by atoms with Crippen LogP contribution in [0.25, 0.3) is 0 Å². The highest BCUT2D eigenvalue weighted by atomic mass is 35.5. The van der Waals surface area contributed by atoms with E-state index in [1.54, 1.807) is 35.9 Å². The van der Waals surface area contributed by atoms with Crippen LogP contribution in [-0.2, 0) is 20.2 Å². The molecule has 7 heteroatoms. The van der Waals surface area contributed by atoms with Crippen LogP contribution in [-0.4, -0.2) is 34.2 Å². The quantitative estimate of drug-likeness (QED) is 0.551. The number of rotatable bonds is 8. The number of ether oxygens (including phenoxy) is 2. The highest BCUT2D eigenvalue weighted by Crippen LogP contribution is 2.20. The monoisotopic (exact) mass is 413 g/mol. The Morgan fingerprint density at radius 1 is 1.14 bits per heavy atom. The molecule has 0 aliphatic heterocycles. The number of hydrogen-bond acceptors (Lipinski definition) is 4. The van der Waals surface area contributed by atoms with Crippen LogP contribution in [0.5, 0.6) is 11.5 Å². The van der Waals surface area contributed by atoms with Crippen LogP contribution in [0.2, 0.25) is 5.02 Å². The summed E-state index contributed by atoms with van der Waals surface area (Å²) in [5, 5.41) is 4.65. The van der Waals surface area contributed by atoms with Crippen LogP contribution in [0.15, 0.2) is 54.7 Å². The highest BCUT2D eigenvalue weighted by Gasteiger charge is 2.16. The number of amides is 1. The molecular weight excluding hydrogens is 390 g/mol. The first-order valence-corrected chi connectivity index (χ1v) is 9.72. The van der Waals surface area contributed by atoms with Gasteiger partial charge in [0.25, 0.3) is 5.91 Å². The maximum atomic E-state index is 12.8. The van der Waals surface area contributed by atoms with Crippen LogP contribution in [0.1, 0.15) is 28.5 Å². The average Bonchev–Trinajstić information content (AvgIpc) is 3.05. The zero-order chi connectivity index (χ0) is 20.8. The van der Waals surface area contributed by atoms with Crippen molar-refractivity contribution in [1.29, 1.82) is 0 Å². The molecule has 0 spiro atoms. The molecule has 0 aliphatic carbocycles. The van der Waals surface area contributed by atoms with Crippen LogP contribution >= 0.6 is 11.6 Å². The largest absolute Gasteiger partial charge is 0.494 e.